The van der Waals surface area contributed by atoms with Gasteiger partial charge in [0.15, 0.2) is 0 Å². The molecule has 2 heteroatoms. The average molecular weight is 135 g/mol. The second-order valence-electron chi connectivity index (χ2n) is 2.05. The first-order valence-electron chi connectivity index (χ1n) is 2.92. The van der Waals surface area contributed by atoms with Gasteiger partial charge < -0.3 is 5.11 Å². The summed E-state index contributed by atoms with van der Waals surface area (Å²) in [5.74, 6) is -0.927. The summed E-state index contributed by atoms with van der Waals surface area (Å²) in [7, 11) is 0. The van der Waals surface area contributed by atoms with Gasteiger partial charge >= 0.3 is 5.97 Å². The Morgan fingerprint density at radius 2 is 2.30 bits per heavy atom. The van der Waals surface area contributed by atoms with Gasteiger partial charge in [0.25, 0.3) is 0 Å². The molecule has 1 aromatic rings. The molecule has 0 aliphatic carbocycles. The van der Waals surface area contributed by atoms with E-state index in [9.17, 15) is 4.79 Å². The topological polar surface area (TPSA) is 37.3 Å². The predicted molar refractivity (Wildman–Crippen MR) is 37.0 cm³/mol. The van der Waals surface area contributed by atoms with E-state index in [0.29, 0.717) is 0 Å². The molecule has 0 aromatic heterocycles. The number of aromatic carboxylic acids is 1. The molecule has 0 aliphatic heterocycles. The number of aryl methyl sites for hydroxylation is 1. The number of rotatable bonds is 1. The van der Waals surface area contributed by atoms with Gasteiger partial charge in [-0.05, 0) is 18.6 Å². The lowest BCUT2D eigenvalue weighted by Gasteiger charge is -1.92. The largest absolute Gasteiger partial charge is 0.478 e. The maximum Gasteiger partial charge on any atom is 0.336 e. The van der Waals surface area contributed by atoms with Crippen molar-refractivity contribution in [2.45, 2.75) is 6.92 Å². The number of carbonyl (C=O) groups is 1. The highest BCUT2D eigenvalue weighted by Crippen LogP contribution is 2.01. The van der Waals surface area contributed by atoms with E-state index in [2.05, 4.69) is 6.07 Å². The van der Waals surface area contributed by atoms with E-state index in [1.165, 1.54) is 6.07 Å². The summed E-state index contributed by atoms with van der Waals surface area (Å²) in [5, 5.41) is 8.48. The number of carboxylic acid groups (broad SMARTS) is 1. The molecule has 2 nitrogen and oxygen atoms in total. The first-order valence-corrected chi connectivity index (χ1v) is 2.92. The summed E-state index contributed by atoms with van der Waals surface area (Å²) in [6.07, 6.45) is 0. The Kier molecular flexibility index (Phi) is 1.71. The zero-order valence-electron chi connectivity index (χ0n) is 5.59. The molecule has 51 valence electrons. The summed E-state index contributed by atoms with van der Waals surface area (Å²) in [4.78, 5) is 10.3. The lowest BCUT2D eigenvalue weighted by molar-refractivity contribution is 0.0696. The molecule has 0 saturated carbocycles. The van der Waals surface area contributed by atoms with Gasteiger partial charge in [0.1, 0.15) is 0 Å². The second kappa shape index (κ2) is 2.52. The molecule has 0 fully saturated rings. The van der Waals surface area contributed by atoms with Gasteiger partial charge in [-0.15, -0.1) is 0 Å². The van der Waals surface area contributed by atoms with E-state index >= 15 is 0 Å². The van der Waals surface area contributed by atoms with Gasteiger partial charge in [0.05, 0.1) is 5.56 Å². The van der Waals surface area contributed by atoms with Crippen LogP contribution in [0.15, 0.2) is 18.2 Å². The fraction of sp³-hybridized carbons (Fsp3) is 0.125. The van der Waals surface area contributed by atoms with Crippen LogP contribution in [0.5, 0.6) is 0 Å². The lowest BCUT2D eigenvalue weighted by atomic mass is 10.1. The van der Waals surface area contributed by atoms with Crippen molar-refractivity contribution in [2.24, 2.45) is 0 Å². The molecule has 0 heterocycles. The van der Waals surface area contributed by atoms with Crippen molar-refractivity contribution in [1.82, 2.24) is 0 Å². The normalized spacial score (nSPS) is 9.30. The number of benzene rings is 1. The molecular weight excluding hydrogens is 128 g/mol. The highest BCUT2D eigenvalue weighted by atomic mass is 16.4. The Morgan fingerprint density at radius 1 is 1.60 bits per heavy atom. The predicted octanol–water partition coefficient (Wildman–Crippen LogP) is 1.49. The summed E-state index contributed by atoms with van der Waals surface area (Å²) < 4.78 is 0. The van der Waals surface area contributed by atoms with Crippen LogP contribution in [0.3, 0.4) is 0 Å². The van der Waals surface area contributed by atoms with E-state index in [1.807, 2.05) is 13.0 Å². The molecule has 1 radical (unpaired) electrons. The highest BCUT2D eigenvalue weighted by Gasteiger charge is 2.00. The second-order valence-corrected chi connectivity index (χ2v) is 2.05. The molecule has 0 saturated heterocycles. The molecule has 1 aromatic carbocycles. The summed E-state index contributed by atoms with van der Waals surface area (Å²) >= 11 is 0. The quantitative estimate of drug-likeness (QED) is 0.633. The van der Waals surface area contributed by atoms with Gasteiger partial charge in [-0.1, -0.05) is 12.1 Å². The Morgan fingerprint density at radius 3 is 2.70 bits per heavy atom. The zero-order valence-corrected chi connectivity index (χ0v) is 5.59. The summed E-state index contributed by atoms with van der Waals surface area (Å²) in [5.41, 5.74) is 1.07. The molecule has 0 amide bonds. The van der Waals surface area contributed by atoms with Gasteiger partial charge in [0, 0.05) is 6.07 Å². The van der Waals surface area contributed by atoms with Crippen molar-refractivity contribution in [2.75, 3.05) is 0 Å². The van der Waals surface area contributed by atoms with E-state index in [-0.39, 0.29) is 5.56 Å². The van der Waals surface area contributed by atoms with Crippen LogP contribution in [0.1, 0.15) is 15.9 Å². The number of hydrogen-bond acceptors (Lipinski definition) is 1. The minimum absolute atomic E-state index is 0.222. The van der Waals surface area contributed by atoms with E-state index in [0.717, 1.165) is 5.56 Å². The molecule has 0 spiro atoms. The Balaban J connectivity index is 3.07. The zero-order chi connectivity index (χ0) is 7.56. The van der Waals surface area contributed by atoms with Crippen LogP contribution in [0.2, 0.25) is 0 Å². The third-order valence-corrected chi connectivity index (χ3v) is 1.17. The van der Waals surface area contributed by atoms with Crippen molar-refractivity contribution >= 4 is 5.97 Å². The van der Waals surface area contributed by atoms with Gasteiger partial charge in [0.2, 0.25) is 0 Å². The average Bonchev–Trinajstić information content (AvgIpc) is 1.88. The summed E-state index contributed by atoms with van der Waals surface area (Å²) in [6, 6.07) is 7.75. The summed E-state index contributed by atoms with van der Waals surface area (Å²) in [6.45, 7) is 1.81. The standard InChI is InChI=1S/C8H7O2/c1-6-3-2-4-7(5-6)8(9)10/h2-4H,1H3,(H,9,10). The minimum Gasteiger partial charge on any atom is -0.478 e. The van der Waals surface area contributed by atoms with Crippen LogP contribution >= 0.6 is 0 Å². The monoisotopic (exact) mass is 135 g/mol. The van der Waals surface area contributed by atoms with E-state index in [1.54, 1.807) is 6.07 Å². The van der Waals surface area contributed by atoms with Crippen molar-refractivity contribution in [3.63, 3.8) is 0 Å². The molecule has 0 aliphatic rings. The number of carboxylic acids is 1. The van der Waals surface area contributed by atoms with Crippen molar-refractivity contribution in [3.8, 4) is 0 Å². The Bertz CT molecular complexity index is 253. The van der Waals surface area contributed by atoms with Crippen LogP contribution in [-0.2, 0) is 0 Å². The maximum absolute atomic E-state index is 10.3. The van der Waals surface area contributed by atoms with Crippen molar-refractivity contribution < 1.29 is 9.90 Å². The van der Waals surface area contributed by atoms with E-state index in [4.69, 9.17) is 5.11 Å². The maximum atomic E-state index is 10.3. The SMILES string of the molecule is Cc1[c]c(C(=O)O)ccc1. The minimum atomic E-state index is -0.927. The molecule has 1 N–H and O–H groups in total. The lowest BCUT2D eigenvalue weighted by Crippen LogP contribution is -1.95. The number of hydrogen-bond donors (Lipinski definition) is 1. The molecule has 0 atom stereocenters. The molecule has 0 unspecified atom stereocenters. The molecule has 10 heavy (non-hydrogen) atoms. The Hall–Kier alpha value is -1.31. The fourth-order valence-corrected chi connectivity index (χ4v) is 0.709. The Labute approximate surface area is 59.1 Å². The third kappa shape index (κ3) is 1.35. The molecular formula is C8H7O2. The first-order chi connectivity index (χ1) is 4.70. The smallest absolute Gasteiger partial charge is 0.336 e. The van der Waals surface area contributed by atoms with Gasteiger partial charge in [-0.25, -0.2) is 4.79 Å². The van der Waals surface area contributed by atoms with Crippen LogP contribution in [0.25, 0.3) is 0 Å². The highest BCUT2D eigenvalue weighted by molar-refractivity contribution is 5.87. The molecule has 1 rings (SSSR count). The van der Waals surface area contributed by atoms with Crippen molar-refractivity contribution in [1.29, 1.82) is 0 Å². The first kappa shape index (κ1) is 6.81. The van der Waals surface area contributed by atoms with E-state index < -0.39 is 5.97 Å². The van der Waals surface area contributed by atoms with Gasteiger partial charge in [-0.3, -0.25) is 0 Å². The fourth-order valence-electron chi connectivity index (χ4n) is 0.709. The third-order valence-electron chi connectivity index (χ3n) is 1.17. The van der Waals surface area contributed by atoms with Crippen molar-refractivity contribution in [3.05, 3.63) is 35.4 Å². The van der Waals surface area contributed by atoms with Crippen LogP contribution < -0.4 is 0 Å². The van der Waals surface area contributed by atoms with Crippen LogP contribution in [0, 0.1) is 13.0 Å². The molecule has 0 bridgehead atoms. The van der Waals surface area contributed by atoms with Crippen LogP contribution in [0.4, 0.5) is 0 Å². The van der Waals surface area contributed by atoms with Gasteiger partial charge in [-0.2, -0.15) is 0 Å². The van der Waals surface area contributed by atoms with Crippen LogP contribution in [-0.4, -0.2) is 11.1 Å².